The lowest BCUT2D eigenvalue weighted by atomic mass is 10.0. The topological polar surface area (TPSA) is 101 Å². The Bertz CT molecular complexity index is 1170. The Hall–Kier alpha value is -3.25. The third-order valence-corrected chi connectivity index (χ3v) is 6.18. The van der Waals surface area contributed by atoms with Crippen LogP contribution in [-0.2, 0) is 20.7 Å². The minimum Gasteiger partial charge on any atom is -0.380 e. The molecule has 2 aromatic heterocycles. The average Bonchev–Trinajstić information content (AvgIpc) is 3.23. The van der Waals surface area contributed by atoms with Gasteiger partial charge in [-0.15, -0.1) is 0 Å². The molecule has 0 unspecified atom stereocenters. The molecule has 8 heteroatoms. The molecule has 2 N–H and O–H groups in total. The molecule has 1 fully saturated rings. The van der Waals surface area contributed by atoms with E-state index in [-0.39, 0.29) is 12.0 Å². The Morgan fingerprint density at radius 2 is 2.09 bits per heavy atom. The molecular weight excluding hydrogens is 430 g/mol. The molecule has 1 saturated heterocycles. The normalized spacial score (nSPS) is 19.7. The first-order chi connectivity index (χ1) is 16.5. The second-order valence-corrected chi connectivity index (χ2v) is 8.74. The number of nitriles is 1. The summed E-state index contributed by atoms with van der Waals surface area (Å²) < 4.78 is 13.2. The van der Waals surface area contributed by atoms with Crippen molar-refractivity contribution in [3.63, 3.8) is 0 Å². The molecule has 3 atom stereocenters. The van der Waals surface area contributed by atoms with E-state index < -0.39 is 12.1 Å². The highest BCUT2D eigenvalue weighted by molar-refractivity contribution is 5.81. The Kier molecular flexibility index (Phi) is 7.58. The number of hydrogen-bond acceptors (Lipinski definition) is 6. The first kappa shape index (κ1) is 23.9. The van der Waals surface area contributed by atoms with E-state index in [1.54, 1.807) is 7.11 Å². The van der Waals surface area contributed by atoms with Crippen molar-refractivity contribution in [2.75, 3.05) is 26.8 Å². The van der Waals surface area contributed by atoms with E-state index in [0.29, 0.717) is 32.5 Å². The lowest BCUT2D eigenvalue weighted by molar-refractivity contribution is -0.134. The van der Waals surface area contributed by atoms with Gasteiger partial charge in [0.2, 0.25) is 0 Å². The van der Waals surface area contributed by atoms with Crippen molar-refractivity contribution in [1.29, 1.82) is 5.26 Å². The summed E-state index contributed by atoms with van der Waals surface area (Å²) in [6.45, 7) is 5.51. The molecule has 34 heavy (non-hydrogen) atoms. The van der Waals surface area contributed by atoms with Crippen LogP contribution in [0.15, 0.2) is 42.7 Å². The van der Waals surface area contributed by atoms with Crippen molar-refractivity contribution in [3.05, 3.63) is 59.7 Å². The van der Waals surface area contributed by atoms with Gasteiger partial charge in [-0.25, -0.2) is 0 Å². The fraction of sp³-hybridized carbons (Fsp3) is 0.423. The van der Waals surface area contributed by atoms with Crippen molar-refractivity contribution in [2.24, 2.45) is 0 Å². The molecule has 0 aliphatic carbocycles. The average molecular weight is 462 g/mol. The number of nitrogens with one attached hydrogen (secondary N) is 2. The molecular formula is C26H31N5O3. The molecule has 1 aliphatic rings. The molecule has 0 bridgehead atoms. The van der Waals surface area contributed by atoms with Gasteiger partial charge < -0.3 is 24.5 Å². The van der Waals surface area contributed by atoms with Gasteiger partial charge in [-0.05, 0) is 37.5 Å². The molecule has 0 saturated carbocycles. The zero-order valence-corrected chi connectivity index (χ0v) is 19.9. The van der Waals surface area contributed by atoms with Gasteiger partial charge in [-0.3, -0.25) is 9.78 Å². The number of benzene rings is 1. The minimum atomic E-state index is -0.632. The van der Waals surface area contributed by atoms with Gasteiger partial charge in [-0.1, -0.05) is 24.3 Å². The lowest BCUT2D eigenvalue weighted by Gasteiger charge is -2.25. The molecule has 1 aromatic carbocycles. The second kappa shape index (κ2) is 10.8. The maximum Gasteiger partial charge on any atom is 0.251 e. The third-order valence-electron chi connectivity index (χ3n) is 6.18. The number of ether oxygens (including phenoxy) is 2. The summed E-state index contributed by atoms with van der Waals surface area (Å²) in [5, 5.41) is 15.6. The number of aryl methyl sites for hydroxylation is 2. The number of hydrogen-bond donors (Lipinski definition) is 2. The highest BCUT2D eigenvalue weighted by Gasteiger charge is 2.24. The van der Waals surface area contributed by atoms with E-state index in [1.165, 1.54) is 0 Å². The standard InChI is InChI=1S/C26H31N5O3/c1-17-15-31-16-21(11-24(31)18(2)29-17)20-6-4-19(5-7-20)10-22(12-27)30-26(32)25-14-28-13-23(33-3)8-9-34-25/h4-7,11,15-16,22-23,25,28H,8-10,13-14H2,1-3H3,(H,30,32)/t22-,23-,25-/m0/s1. The summed E-state index contributed by atoms with van der Waals surface area (Å²) >= 11 is 0. The monoisotopic (exact) mass is 461 g/mol. The summed E-state index contributed by atoms with van der Waals surface area (Å²) in [4.78, 5) is 17.2. The largest absolute Gasteiger partial charge is 0.380 e. The van der Waals surface area contributed by atoms with Crippen LogP contribution in [0.1, 0.15) is 23.4 Å². The zero-order chi connectivity index (χ0) is 24.1. The quantitative estimate of drug-likeness (QED) is 0.585. The van der Waals surface area contributed by atoms with Gasteiger partial charge in [0.05, 0.1) is 35.7 Å². The van der Waals surface area contributed by atoms with Crippen LogP contribution in [0.25, 0.3) is 16.6 Å². The van der Waals surface area contributed by atoms with Gasteiger partial charge in [-0.2, -0.15) is 5.26 Å². The zero-order valence-electron chi connectivity index (χ0n) is 19.9. The van der Waals surface area contributed by atoms with Crippen LogP contribution < -0.4 is 10.6 Å². The van der Waals surface area contributed by atoms with Crippen LogP contribution >= 0.6 is 0 Å². The molecule has 1 aliphatic heterocycles. The summed E-state index contributed by atoms with van der Waals surface area (Å²) in [5.74, 6) is -0.272. The van der Waals surface area contributed by atoms with E-state index in [1.807, 2.05) is 44.3 Å². The molecule has 0 spiro atoms. The van der Waals surface area contributed by atoms with E-state index >= 15 is 0 Å². The SMILES string of the molecule is CO[C@H]1CCO[C@H](C(=O)N[C@H](C#N)Cc2ccc(-c3cc4c(C)nc(C)cn4c3)cc2)CNC1. The first-order valence-corrected chi connectivity index (χ1v) is 11.6. The summed E-state index contributed by atoms with van der Waals surface area (Å²) in [5.41, 5.74) is 6.24. The molecule has 1 amide bonds. The Balaban J connectivity index is 1.38. The number of carbonyl (C=O) groups excluding carboxylic acids is 1. The Morgan fingerprint density at radius 1 is 1.29 bits per heavy atom. The van der Waals surface area contributed by atoms with Gasteiger partial charge in [0.25, 0.3) is 5.91 Å². The second-order valence-electron chi connectivity index (χ2n) is 8.74. The number of methoxy groups -OCH3 is 1. The van der Waals surface area contributed by atoms with Crippen LogP contribution in [0.5, 0.6) is 0 Å². The van der Waals surface area contributed by atoms with E-state index in [4.69, 9.17) is 9.47 Å². The van der Waals surface area contributed by atoms with Crippen molar-refractivity contribution in [2.45, 2.75) is 44.9 Å². The lowest BCUT2D eigenvalue weighted by Crippen LogP contribution is -2.49. The highest BCUT2D eigenvalue weighted by Crippen LogP contribution is 2.25. The Labute approximate surface area is 199 Å². The molecule has 0 radical (unpaired) electrons. The molecule has 4 rings (SSSR count). The Morgan fingerprint density at radius 3 is 2.82 bits per heavy atom. The van der Waals surface area contributed by atoms with Crippen LogP contribution in [0.4, 0.5) is 0 Å². The van der Waals surface area contributed by atoms with E-state index in [2.05, 4.69) is 38.4 Å². The summed E-state index contributed by atoms with van der Waals surface area (Å²) in [6.07, 6.45) is 4.71. The van der Waals surface area contributed by atoms with Gasteiger partial charge in [0.1, 0.15) is 12.1 Å². The number of rotatable bonds is 6. The van der Waals surface area contributed by atoms with Crippen LogP contribution in [0, 0.1) is 25.2 Å². The number of carbonyl (C=O) groups is 1. The van der Waals surface area contributed by atoms with Gasteiger partial charge >= 0.3 is 0 Å². The first-order valence-electron chi connectivity index (χ1n) is 11.6. The van der Waals surface area contributed by atoms with Gasteiger partial charge in [0.15, 0.2) is 0 Å². The van der Waals surface area contributed by atoms with E-state index in [0.717, 1.165) is 33.6 Å². The van der Waals surface area contributed by atoms with Crippen LogP contribution in [-0.4, -0.2) is 60.3 Å². The van der Waals surface area contributed by atoms with Crippen molar-refractivity contribution in [3.8, 4) is 17.2 Å². The molecule has 8 nitrogen and oxygen atoms in total. The molecule has 178 valence electrons. The van der Waals surface area contributed by atoms with Crippen molar-refractivity contribution in [1.82, 2.24) is 20.0 Å². The maximum absolute atomic E-state index is 12.7. The van der Waals surface area contributed by atoms with E-state index in [9.17, 15) is 10.1 Å². The fourth-order valence-corrected chi connectivity index (χ4v) is 4.30. The number of aromatic nitrogens is 2. The maximum atomic E-state index is 12.7. The number of fused-ring (bicyclic) bond motifs is 1. The predicted octanol–water partition coefficient (Wildman–Crippen LogP) is 2.56. The van der Waals surface area contributed by atoms with Crippen LogP contribution in [0.2, 0.25) is 0 Å². The summed E-state index contributed by atoms with van der Waals surface area (Å²) in [7, 11) is 1.67. The van der Waals surface area contributed by atoms with Crippen molar-refractivity contribution < 1.29 is 14.3 Å². The fourth-order valence-electron chi connectivity index (χ4n) is 4.30. The molecule has 3 heterocycles. The van der Waals surface area contributed by atoms with Crippen LogP contribution in [0.3, 0.4) is 0 Å². The van der Waals surface area contributed by atoms with Crippen molar-refractivity contribution >= 4 is 11.4 Å². The number of amides is 1. The third kappa shape index (κ3) is 5.62. The minimum absolute atomic E-state index is 0.0778. The summed E-state index contributed by atoms with van der Waals surface area (Å²) in [6, 6.07) is 11.8. The number of nitrogens with zero attached hydrogens (tertiary/aromatic N) is 3. The highest BCUT2D eigenvalue weighted by atomic mass is 16.5. The molecule has 3 aromatic rings. The van der Waals surface area contributed by atoms with Gasteiger partial charge in [0, 0.05) is 44.6 Å². The predicted molar refractivity (Wildman–Crippen MR) is 129 cm³/mol. The smallest absolute Gasteiger partial charge is 0.251 e.